The minimum Gasteiger partial charge on any atom is -0.458 e. The van der Waals surface area contributed by atoms with Gasteiger partial charge in [-0.25, -0.2) is 4.79 Å². The first-order valence-electron chi connectivity index (χ1n) is 5.52. The molecule has 1 unspecified atom stereocenters. The highest BCUT2D eigenvalue weighted by molar-refractivity contribution is 5.82. The summed E-state index contributed by atoms with van der Waals surface area (Å²) in [6, 6.07) is 0. The number of hydrogen-bond acceptors (Lipinski definition) is 4. The second-order valence-corrected chi connectivity index (χ2v) is 5.07. The number of carbonyl (C=O) groups excluding carboxylic acids is 1. The van der Waals surface area contributed by atoms with Crippen LogP contribution in [0.3, 0.4) is 0 Å². The van der Waals surface area contributed by atoms with E-state index in [1.54, 1.807) is 0 Å². The molecule has 0 spiro atoms. The highest BCUT2D eigenvalue weighted by Crippen LogP contribution is 2.34. The van der Waals surface area contributed by atoms with Crippen molar-refractivity contribution in [1.82, 2.24) is 0 Å². The van der Waals surface area contributed by atoms with Crippen LogP contribution < -0.4 is 5.73 Å². The van der Waals surface area contributed by atoms with Crippen LogP contribution in [0, 0.1) is 0 Å². The third-order valence-corrected chi connectivity index (χ3v) is 2.19. The van der Waals surface area contributed by atoms with E-state index in [0.29, 0.717) is 0 Å². The van der Waals surface area contributed by atoms with Gasteiger partial charge in [0, 0.05) is 13.7 Å². The topological polar surface area (TPSA) is 61.5 Å². The average Bonchev–Trinajstić information content (AvgIpc) is 2.13. The van der Waals surface area contributed by atoms with Crippen molar-refractivity contribution in [3.8, 4) is 0 Å². The Morgan fingerprint density at radius 1 is 1.22 bits per heavy atom. The van der Waals surface area contributed by atoms with E-state index in [1.807, 2.05) is 0 Å². The van der Waals surface area contributed by atoms with Crippen molar-refractivity contribution in [2.45, 2.75) is 50.9 Å². The van der Waals surface area contributed by atoms with Gasteiger partial charge in [0.25, 0.3) is 0 Å². The van der Waals surface area contributed by atoms with Gasteiger partial charge in [-0.15, -0.1) is 0 Å². The number of nitrogens with two attached hydrogens (primary N) is 1. The molecule has 108 valence electrons. The van der Waals surface area contributed by atoms with Crippen molar-refractivity contribution >= 4 is 5.97 Å². The molecule has 0 aromatic rings. The molecule has 0 amide bonds. The van der Waals surface area contributed by atoms with Crippen LogP contribution in [-0.2, 0) is 14.3 Å². The zero-order valence-corrected chi connectivity index (χ0v) is 11.1. The molecule has 1 atom stereocenters. The summed E-state index contributed by atoms with van der Waals surface area (Å²) in [6.45, 7) is 4.54. The number of halogens is 3. The summed E-state index contributed by atoms with van der Waals surface area (Å²) in [6.07, 6.45) is -5.41. The zero-order chi connectivity index (χ0) is 14.6. The summed E-state index contributed by atoms with van der Waals surface area (Å²) in [5, 5.41) is 0. The fourth-order valence-corrected chi connectivity index (χ4v) is 1.22. The van der Waals surface area contributed by atoms with Crippen molar-refractivity contribution < 1.29 is 27.4 Å². The molecule has 0 rings (SSSR count). The molecule has 4 nitrogen and oxygen atoms in total. The molecule has 2 N–H and O–H groups in total. The Kier molecular flexibility index (Phi) is 5.61. The van der Waals surface area contributed by atoms with Gasteiger partial charge in [-0.1, -0.05) is 0 Å². The minimum absolute atomic E-state index is 0.0196. The third-order valence-electron chi connectivity index (χ3n) is 2.19. The van der Waals surface area contributed by atoms with E-state index in [9.17, 15) is 18.0 Å². The fourth-order valence-electron chi connectivity index (χ4n) is 1.22. The predicted octanol–water partition coefficient (Wildman–Crippen LogP) is 2.01. The summed E-state index contributed by atoms with van der Waals surface area (Å²) in [5.41, 5.74) is 1.20. The van der Waals surface area contributed by atoms with Gasteiger partial charge >= 0.3 is 12.1 Å². The highest BCUT2D eigenvalue weighted by atomic mass is 19.4. The van der Waals surface area contributed by atoms with Crippen molar-refractivity contribution in [1.29, 1.82) is 0 Å². The van der Waals surface area contributed by atoms with Crippen molar-refractivity contribution in [2.24, 2.45) is 5.73 Å². The van der Waals surface area contributed by atoms with E-state index in [2.05, 4.69) is 4.74 Å². The summed E-state index contributed by atoms with van der Waals surface area (Å²) < 4.78 is 48.1. The Hall–Kier alpha value is -0.820. The number of carbonyl (C=O) groups is 1. The zero-order valence-electron chi connectivity index (χ0n) is 11.1. The molecule has 18 heavy (non-hydrogen) atoms. The first-order chi connectivity index (χ1) is 7.94. The van der Waals surface area contributed by atoms with E-state index in [0.717, 1.165) is 0 Å². The van der Waals surface area contributed by atoms with Gasteiger partial charge in [0.1, 0.15) is 5.60 Å². The first kappa shape index (κ1) is 17.2. The summed E-state index contributed by atoms with van der Waals surface area (Å²) >= 11 is 0. The normalized spacial score (nSPS) is 16.2. The molecule has 0 saturated carbocycles. The van der Waals surface area contributed by atoms with Crippen LogP contribution in [0.5, 0.6) is 0 Å². The van der Waals surface area contributed by atoms with Gasteiger partial charge in [0.2, 0.25) is 5.54 Å². The van der Waals surface area contributed by atoms with Crippen molar-refractivity contribution in [3.05, 3.63) is 0 Å². The van der Waals surface area contributed by atoms with Gasteiger partial charge < -0.3 is 15.2 Å². The molecule has 0 radical (unpaired) electrons. The second-order valence-electron chi connectivity index (χ2n) is 5.07. The lowest BCUT2D eigenvalue weighted by molar-refractivity contribution is -0.213. The standard InChI is InChI=1S/C11H20F3NO3/c1-9(2,3)18-8(16)10(15,11(12,13)14)6-5-7-17-4/h5-7,15H2,1-4H3. The van der Waals surface area contributed by atoms with E-state index >= 15 is 0 Å². The molecule has 0 aliphatic heterocycles. The maximum absolute atomic E-state index is 12.9. The van der Waals surface area contributed by atoms with E-state index in [-0.39, 0.29) is 13.0 Å². The molecule has 0 fully saturated rings. The van der Waals surface area contributed by atoms with Gasteiger partial charge in [-0.2, -0.15) is 13.2 Å². The number of methoxy groups -OCH3 is 1. The molecule has 7 heteroatoms. The summed E-state index contributed by atoms with van der Waals surface area (Å²) in [4.78, 5) is 11.6. The Bertz CT molecular complexity index is 286. The third kappa shape index (κ3) is 4.81. The van der Waals surface area contributed by atoms with E-state index in [1.165, 1.54) is 27.9 Å². The largest absolute Gasteiger partial charge is 0.458 e. The Morgan fingerprint density at radius 3 is 2.06 bits per heavy atom. The highest BCUT2D eigenvalue weighted by Gasteiger charge is 2.58. The lowest BCUT2D eigenvalue weighted by Crippen LogP contribution is -2.61. The number of hydrogen-bond donors (Lipinski definition) is 1. The smallest absolute Gasteiger partial charge is 0.417 e. The van der Waals surface area contributed by atoms with Crippen molar-refractivity contribution in [2.75, 3.05) is 13.7 Å². The van der Waals surface area contributed by atoms with E-state index < -0.39 is 29.7 Å². The Morgan fingerprint density at radius 2 is 1.72 bits per heavy atom. The molecule has 0 aromatic carbocycles. The van der Waals surface area contributed by atoms with Crippen LogP contribution in [0.2, 0.25) is 0 Å². The lowest BCUT2D eigenvalue weighted by atomic mass is 9.93. The molecule has 0 bridgehead atoms. The van der Waals surface area contributed by atoms with Crippen LogP contribution in [0.15, 0.2) is 0 Å². The van der Waals surface area contributed by atoms with E-state index in [4.69, 9.17) is 10.5 Å². The van der Waals surface area contributed by atoms with Gasteiger partial charge in [-0.3, -0.25) is 0 Å². The number of esters is 1. The Balaban J connectivity index is 4.93. The quantitative estimate of drug-likeness (QED) is 0.614. The van der Waals surface area contributed by atoms with Crippen molar-refractivity contribution in [3.63, 3.8) is 0 Å². The molecule has 0 aliphatic rings. The minimum atomic E-state index is -4.86. The van der Waals surface area contributed by atoms with Crippen LogP contribution in [-0.4, -0.2) is 37.0 Å². The molecular weight excluding hydrogens is 251 g/mol. The average molecular weight is 271 g/mol. The number of rotatable bonds is 5. The number of alkyl halides is 3. The first-order valence-corrected chi connectivity index (χ1v) is 5.52. The molecule has 0 aliphatic carbocycles. The van der Waals surface area contributed by atoms with Gasteiger partial charge in [0.05, 0.1) is 0 Å². The lowest BCUT2D eigenvalue weighted by Gasteiger charge is -2.32. The fraction of sp³-hybridized carbons (Fsp3) is 0.909. The molecule has 0 aromatic heterocycles. The molecule has 0 heterocycles. The number of ether oxygens (including phenoxy) is 2. The monoisotopic (exact) mass is 271 g/mol. The predicted molar refractivity (Wildman–Crippen MR) is 59.9 cm³/mol. The maximum atomic E-state index is 12.9. The van der Waals surface area contributed by atoms with Gasteiger partial charge in [0.15, 0.2) is 0 Å². The second kappa shape index (κ2) is 5.88. The Labute approximate surface area is 105 Å². The SMILES string of the molecule is COCCCC(N)(C(=O)OC(C)(C)C)C(F)(F)F. The van der Waals surface area contributed by atoms with Crippen LogP contribution in [0.4, 0.5) is 13.2 Å². The maximum Gasteiger partial charge on any atom is 0.417 e. The van der Waals surface area contributed by atoms with Crippen LogP contribution in [0.25, 0.3) is 0 Å². The van der Waals surface area contributed by atoms with Crippen LogP contribution in [0.1, 0.15) is 33.6 Å². The van der Waals surface area contributed by atoms with Gasteiger partial charge in [-0.05, 0) is 33.6 Å². The molecule has 0 saturated heterocycles. The van der Waals surface area contributed by atoms with Crippen LogP contribution >= 0.6 is 0 Å². The molecular formula is C11H20F3NO3. The summed E-state index contributed by atoms with van der Waals surface area (Å²) in [5.74, 6) is -1.46. The summed E-state index contributed by atoms with van der Waals surface area (Å²) in [7, 11) is 1.36.